The van der Waals surface area contributed by atoms with Gasteiger partial charge in [-0.1, -0.05) is 31.2 Å². The summed E-state index contributed by atoms with van der Waals surface area (Å²) in [5.41, 5.74) is 9.26. The van der Waals surface area contributed by atoms with Crippen molar-refractivity contribution in [2.75, 3.05) is 32.1 Å². The van der Waals surface area contributed by atoms with Crippen LogP contribution in [0.1, 0.15) is 31.9 Å². The molecule has 28 heavy (non-hydrogen) atoms. The lowest BCUT2D eigenvalue weighted by Gasteiger charge is -2.15. The Labute approximate surface area is 168 Å². The summed E-state index contributed by atoms with van der Waals surface area (Å²) < 4.78 is 11.2. The van der Waals surface area contributed by atoms with E-state index in [4.69, 9.17) is 15.2 Å². The molecule has 0 aromatic heterocycles. The highest BCUT2D eigenvalue weighted by Crippen LogP contribution is 2.29. The first-order chi connectivity index (χ1) is 13.5. The molecule has 0 atom stereocenters. The molecule has 2 aromatic rings. The van der Waals surface area contributed by atoms with Gasteiger partial charge in [-0.05, 0) is 50.7 Å². The van der Waals surface area contributed by atoms with E-state index in [1.807, 2.05) is 32.0 Å². The average Bonchev–Trinajstić information content (AvgIpc) is 2.69. The highest BCUT2D eigenvalue weighted by Gasteiger charge is 2.07. The third-order valence-electron chi connectivity index (χ3n) is 4.24. The largest absolute Gasteiger partial charge is 0.494 e. The van der Waals surface area contributed by atoms with Crippen LogP contribution in [0.25, 0.3) is 0 Å². The summed E-state index contributed by atoms with van der Waals surface area (Å²) in [6, 6.07) is 14.1. The molecule has 0 saturated carbocycles. The van der Waals surface area contributed by atoms with E-state index in [0.717, 1.165) is 30.1 Å². The maximum absolute atomic E-state index is 6.12. The summed E-state index contributed by atoms with van der Waals surface area (Å²) in [6.45, 7) is 9.66. The van der Waals surface area contributed by atoms with Crippen molar-refractivity contribution in [1.82, 2.24) is 4.90 Å². The van der Waals surface area contributed by atoms with Crippen LogP contribution < -0.4 is 20.5 Å². The molecule has 6 heteroatoms. The van der Waals surface area contributed by atoms with E-state index >= 15 is 0 Å². The van der Waals surface area contributed by atoms with Crippen LogP contribution in [0.5, 0.6) is 11.5 Å². The van der Waals surface area contributed by atoms with Crippen molar-refractivity contribution in [1.29, 1.82) is 0 Å². The standard InChI is InChI=1S/C22H32N4O2/c1-5-26(4)16-18-10-8-9-17(13-18)15-24-22(23)25-20-14-19(27-6-2)11-12-21(20)28-7-3/h8-14H,5-7,15-16H2,1-4H3,(H3,23,24,25). The van der Waals surface area contributed by atoms with Gasteiger partial charge in [0, 0.05) is 12.6 Å². The lowest BCUT2D eigenvalue weighted by molar-refractivity contribution is 0.332. The molecule has 0 radical (unpaired) electrons. The second-order valence-electron chi connectivity index (χ2n) is 6.50. The Kier molecular flexibility index (Phi) is 8.62. The third kappa shape index (κ3) is 6.78. The molecule has 0 saturated heterocycles. The monoisotopic (exact) mass is 384 g/mol. The summed E-state index contributed by atoms with van der Waals surface area (Å²) in [7, 11) is 2.11. The molecular weight excluding hydrogens is 352 g/mol. The fourth-order valence-electron chi connectivity index (χ4n) is 2.75. The first kappa shape index (κ1) is 21.6. The minimum absolute atomic E-state index is 0.339. The summed E-state index contributed by atoms with van der Waals surface area (Å²) in [5.74, 6) is 1.81. The molecule has 2 rings (SSSR count). The van der Waals surface area contributed by atoms with Crippen LogP contribution >= 0.6 is 0 Å². The number of hydrogen-bond acceptors (Lipinski definition) is 4. The van der Waals surface area contributed by atoms with E-state index in [2.05, 4.69) is 53.4 Å². The fraction of sp³-hybridized carbons (Fsp3) is 0.409. The zero-order valence-electron chi connectivity index (χ0n) is 17.4. The van der Waals surface area contributed by atoms with Crippen molar-refractivity contribution in [3.05, 3.63) is 53.6 Å². The molecule has 2 aromatic carbocycles. The van der Waals surface area contributed by atoms with Gasteiger partial charge in [0.05, 0.1) is 25.4 Å². The normalized spacial score (nSPS) is 11.5. The number of guanidine groups is 1. The van der Waals surface area contributed by atoms with Gasteiger partial charge < -0.3 is 25.4 Å². The van der Waals surface area contributed by atoms with Crippen molar-refractivity contribution in [2.45, 2.75) is 33.9 Å². The van der Waals surface area contributed by atoms with Gasteiger partial charge in [-0.3, -0.25) is 0 Å². The van der Waals surface area contributed by atoms with Gasteiger partial charge in [-0.15, -0.1) is 0 Å². The Morgan fingerprint density at radius 1 is 1.04 bits per heavy atom. The number of ether oxygens (including phenoxy) is 2. The lowest BCUT2D eigenvalue weighted by Crippen LogP contribution is -2.23. The van der Waals surface area contributed by atoms with Gasteiger partial charge in [0.15, 0.2) is 5.96 Å². The number of nitrogens with zero attached hydrogens (tertiary/aromatic N) is 2. The van der Waals surface area contributed by atoms with Gasteiger partial charge in [0.1, 0.15) is 11.5 Å². The Morgan fingerprint density at radius 3 is 2.50 bits per heavy atom. The quantitative estimate of drug-likeness (QED) is 0.481. The molecule has 152 valence electrons. The summed E-state index contributed by atoms with van der Waals surface area (Å²) in [6.07, 6.45) is 0. The van der Waals surface area contributed by atoms with Gasteiger partial charge >= 0.3 is 0 Å². The first-order valence-corrected chi connectivity index (χ1v) is 9.78. The Bertz CT molecular complexity index is 777. The van der Waals surface area contributed by atoms with Crippen LogP contribution in [-0.2, 0) is 13.1 Å². The van der Waals surface area contributed by atoms with Crippen LogP contribution in [0.2, 0.25) is 0 Å². The molecule has 0 amide bonds. The molecule has 0 heterocycles. The lowest BCUT2D eigenvalue weighted by atomic mass is 10.1. The van der Waals surface area contributed by atoms with Gasteiger partial charge in [0.25, 0.3) is 0 Å². The van der Waals surface area contributed by atoms with Crippen LogP contribution in [0.4, 0.5) is 5.69 Å². The number of benzene rings is 2. The van der Waals surface area contributed by atoms with Gasteiger partial charge in [-0.25, -0.2) is 4.99 Å². The predicted molar refractivity (Wildman–Crippen MR) is 116 cm³/mol. The topological polar surface area (TPSA) is 72.1 Å². The molecule has 6 nitrogen and oxygen atoms in total. The van der Waals surface area contributed by atoms with E-state index < -0.39 is 0 Å². The van der Waals surface area contributed by atoms with E-state index in [-0.39, 0.29) is 0 Å². The Morgan fingerprint density at radius 2 is 1.79 bits per heavy atom. The summed E-state index contributed by atoms with van der Waals surface area (Å²) >= 11 is 0. The molecule has 0 unspecified atom stereocenters. The molecule has 0 spiro atoms. The Hall–Kier alpha value is -2.73. The molecular formula is C22H32N4O2. The maximum atomic E-state index is 6.12. The number of anilines is 1. The van der Waals surface area contributed by atoms with Gasteiger partial charge in [0.2, 0.25) is 0 Å². The van der Waals surface area contributed by atoms with Crippen molar-refractivity contribution >= 4 is 11.6 Å². The number of rotatable bonds is 10. The maximum Gasteiger partial charge on any atom is 0.193 e. The van der Waals surface area contributed by atoms with Crippen LogP contribution in [0.15, 0.2) is 47.5 Å². The molecule has 0 aliphatic heterocycles. The van der Waals surface area contributed by atoms with E-state index in [1.54, 1.807) is 0 Å². The third-order valence-corrected chi connectivity index (χ3v) is 4.24. The summed E-state index contributed by atoms with van der Waals surface area (Å²) in [5, 5.41) is 3.13. The Balaban J connectivity index is 2.08. The molecule has 3 N–H and O–H groups in total. The zero-order valence-corrected chi connectivity index (χ0v) is 17.4. The fourth-order valence-corrected chi connectivity index (χ4v) is 2.75. The molecule has 0 aliphatic carbocycles. The molecule has 0 aliphatic rings. The minimum atomic E-state index is 0.339. The second kappa shape index (κ2) is 11.2. The highest BCUT2D eigenvalue weighted by molar-refractivity contribution is 5.94. The molecule has 0 fully saturated rings. The second-order valence-corrected chi connectivity index (χ2v) is 6.50. The SMILES string of the molecule is CCOc1ccc(OCC)c(NC(N)=NCc2cccc(CN(C)CC)c2)c1. The number of aliphatic imine (C=N–C) groups is 1. The minimum Gasteiger partial charge on any atom is -0.494 e. The predicted octanol–water partition coefficient (Wildman–Crippen LogP) is 3.86. The highest BCUT2D eigenvalue weighted by atomic mass is 16.5. The smallest absolute Gasteiger partial charge is 0.193 e. The van der Waals surface area contributed by atoms with Crippen LogP contribution in [-0.4, -0.2) is 37.7 Å². The van der Waals surface area contributed by atoms with E-state index in [9.17, 15) is 0 Å². The zero-order chi connectivity index (χ0) is 20.4. The van der Waals surface area contributed by atoms with Crippen LogP contribution in [0, 0.1) is 0 Å². The van der Waals surface area contributed by atoms with E-state index in [1.165, 1.54) is 5.56 Å². The number of hydrogen-bond donors (Lipinski definition) is 2. The molecule has 0 bridgehead atoms. The number of nitrogens with two attached hydrogens (primary N) is 1. The average molecular weight is 385 g/mol. The summed E-state index contributed by atoms with van der Waals surface area (Å²) in [4.78, 5) is 6.74. The van der Waals surface area contributed by atoms with E-state index in [0.29, 0.717) is 31.5 Å². The first-order valence-electron chi connectivity index (χ1n) is 9.78. The van der Waals surface area contributed by atoms with Crippen molar-refractivity contribution in [2.24, 2.45) is 10.7 Å². The van der Waals surface area contributed by atoms with Crippen molar-refractivity contribution in [3.8, 4) is 11.5 Å². The number of nitrogens with one attached hydrogen (secondary N) is 1. The van der Waals surface area contributed by atoms with Crippen molar-refractivity contribution in [3.63, 3.8) is 0 Å². The van der Waals surface area contributed by atoms with Crippen molar-refractivity contribution < 1.29 is 9.47 Å². The van der Waals surface area contributed by atoms with Crippen LogP contribution in [0.3, 0.4) is 0 Å². The van der Waals surface area contributed by atoms with Gasteiger partial charge in [-0.2, -0.15) is 0 Å².